The van der Waals surface area contributed by atoms with Crippen molar-refractivity contribution in [3.8, 4) is 21.1 Å². The highest BCUT2D eigenvalue weighted by molar-refractivity contribution is 7.99. The second-order valence-electron chi connectivity index (χ2n) is 6.95. The van der Waals surface area contributed by atoms with Crippen LogP contribution >= 0.6 is 34.7 Å². The highest BCUT2D eigenvalue weighted by Crippen LogP contribution is 2.34. The van der Waals surface area contributed by atoms with E-state index in [0.29, 0.717) is 21.4 Å². The lowest BCUT2D eigenvalue weighted by Gasteiger charge is -2.09. The van der Waals surface area contributed by atoms with Crippen molar-refractivity contribution >= 4 is 46.3 Å². The number of hydrogen-bond acceptors (Lipinski definition) is 6. The van der Waals surface area contributed by atoms with E-state index in [2.05, 4.69) is 20.5 Å². The van der Waals surface area contributed by atoms with Crippen molar-refractivity contribution in [1.82, 2.24) is 15.2 Å². The molecule has 5 nitrogen and oxygen atoms in total. The van der Waals surface area contributed by atoms with Gasteiger partial charge in [-0.05, 0) is 67.9 Å². The summed E-state index contributed by atoms with van der Waals surface area (Å²) in [7, 11) is 0. The topological polar surface area (TPSA) is 67.8 Å². The third-order valence-electron chi connectivity index (χ3n) is 4.65. The summed E-state index contributed by atoms with van der Waals surface area (Å²) >= 11 is 8.88. The normalized spacial score (nSPS) is 10.9. The first kappa shape index (κ1) is 22.4. The molecule has 0 saturated carbocycles. The average molecular weight is 485 g/mol. The van der Waals surface area contributed by atoms with Gasteiger partial charge in [-0.15, -0.1) is 21.5 Å². The number of carbonyl (C=O) groups excluding carboxylic acids is 1. The Labute approximate surface area is 198 Å². The summed E-state index contributed by atoms with van der Waals surface area (Å²) in [4.78, 5) is 17.8. The molecule has 0 fully saturated rings. The molecule has 0 bridgehead atoms. The molecule has 0 aliphatic carbocycles. The number of hydrogen-bond donors (Lipinski definition) is 1. The van der Waals surface area contributed by atoms with E-state index in [4.69, 9.17) is 11.6 Å². The Hall–Kier alpha value is -2.81. The van der Waals surface area contributed by atoms with Crippen LogP contribution in [0.3, 0.4) is 0 Å². The zero-order chi connectivity index (χ0) is 22.7. The minimum atomic E-state index is -0.280. The van der Waals surface area contributed by atoms with E-state index in [1.165, 1.54) is 35.2 Å². The quantitative estimate of drug-likeness (QED) is 0.320. The van der Waals surface area contributed by atoms with Crippen LogP contribution < -0.4 is 5.32 Å². The molecule has 0 unspecified atom stereocenters. The summed E-state index contributed by atoms with van der Waals surface area (Å²) in [6.07, 6.45) is 0. The fraction of sp³-hybridized carbons (Fsp3) is 0.130. The number of aryl methyl sites for hydroxylation is 1. The summed E-state index contributed by atoms with van der Waals surface area (Å²) in [5.74, 6) is -0.222. The number of carbonyl (C=O) groups is 1. The summed E-state index contributed by atoms with van der Waals surface area (Å²) < 4.78 is 13.2. The van der Waals surface area contributed by atoms with Crippen LogP contribution in [0.25, 0.3) is 21.1 Å². The molecule has 0 radical (unpaired) electrons. The Morgan fingerprint density at radius 2 is 1.88 bits per heavy atom. The van der Waals surface area contributed by atoms with E-state index in [1.54, 1.807) is 24.3 Å². The molecule has 0 atom stereocenters. The first-order valence-electron chi connectivity index (χ1n) is 9.66. The highest BCUT2D eigenvalue weighted by Gasteiger charge is 2.14. The Morgan fingerprint density at radius 1 is 1.09 bits per heavy atom. The zero-order valence-corrected chi connectivity index (χ0v) is 19.6. The highest BCUT2D eigenvalue weighted by atomic mass is 35.5. The Kier molecular flexibility index (Phi) is 6.83. The minimum Gasteiger partial charge on any atom is -0.325 e. The summed E-state index contributed by atoms with van der Waals surface area (Å²) in [5.41, 5.74) is 3.92. The molecule has 2 aromatic carbocycles. The number of benzene rings is 2. The first-order chi connectivity index (χ1) is 15.4. The van der Waals surface area contributed by atoms with Crippen molar-refractivity contribution in [3.63, 3.8) is 0 Å². The van der Waals surface area contributed by atoms with Crippen molar-refractivity contribution in [2.24, 2.45) is 0 Å². The van der Waals surface area contributed by atoms with Crippen LogP contribution in [-0.4, -0.2) is 26.8 Å². The van der Waals surface area contributed by atoms with Crippen molar-refractivity contribution in [2.45, 2.75) is 18.9 Å². The Morgan fingerprint density at radius 3 is 2.59 bits per heavy atom. The lowest BCUT2D eigenvalue weighted by molar-refractivity contribution is -0.113. The summed E-state index contributed by atoms with van der Waals surface area (Å²) in [5, 5.41) is 13.5. The molecule has 2 heterocycles. The van der Waals surface area contributed by atoms with E-state index in [-0.39, 0.29) is 17.5 Å². The third-order valence-corrected chi connectivity index (χ3v) is 7.21. The summed E-state index contributed by atoms with van der Waals surface area (Å²) in [6, 6.07) is 15.3. The molecular formula is C23H18ClFN4OS2. The number of anilines is 1. The maximum atomic E-state index is 13.2. The van der Waals surface area contributed by atoms with E-state index < -0.39 is 0 Å². The van der Waals surface area contributed by atoms with E-state index in [0.717, 1.165) is 26.7 Å². The second kappa shape index (κ2) is 9.77. The van der Waals surface area contributed by atoms with Gasteiger partial charge in [0.25, 0.3) is 0 Å². The monoisotopic (exact) mass is 484 g/mol. The Bertz CT molecular complexity index is 1260. The third kappa shape index (κ3) is 5.15. The number of amides is 1. The van der Waals surface area contributed by atoms with Crippen molar-refractivity contribution < 1.29 is 9.18 Å². The predicted molar refractivity (Wildman–Crippen MR) is 129 cm³/mol. The van der Waals surface area contributed by atoms with Crippen LogP contribution in [0.2, 0.25) is 5.02 Å². The largest absolute Gasteiger partial charge is 0.325 e. The second-order valence-corrected chi connectivity index (χ2v) is 9.35. The van der Waals surface area contributed by atoms with E-state index in [1.807, 2.05) is 32.0 Å². The van der Waals surface area contributed by atoms with Gasteiger partial charge in [-0.1, -0.05) is 29.4 Å². The van der Waals surface area contributed by atoms with Gasteiger partial charge in [0.15, 0.2) is 0 Å². The molecule has 32 heavy (non-hydrogen) atoms. The van der Waals surface area contributed by atoms with Gasteiger partial charge in [-0.25, -0.2) is 9.37 Å². The Balaban J connectivity index is 1.41. The van der Waals surface area contributed by atoms with Crippen LogP contribution in [-0.2, 0) is 4.79 Å². The molecule has 9 heteroatoms. The number of thioether (sulfide) groups is 1. The molecule has 0 saturated heterocycles. The molecular weight excluding hydrogens is 467 g/mol. The predicted octanol–water partition coefficient (Wildman–Crippen LogP) is 6.41. The first-order valence-corrected chi connectivity index (χ1v) is 11.8. The van der Waals surface area contributed by atoms with Crippen LogP contribution in [0.5, 0.6) is 0 Å². The molecule has 162 valence electrons. The maximum absolute atomic E-state index is 13.2. The van der Waals surface area contributed by atoms with Crippen molar-refractivity contribution in [1.29, 1.82) is 0 Å². The van der Waals surface area contributed by atoms with Gasteiger partial charge in [0, 0.05) is 16.3 Å². The maximum Gasteiger partial charge on any atom is 0.234 e. The molecule has 4 rings (SSSR count). The van der Waals surface area contributed by atoms with Crippen molar-refractivity contribution in [2.75, 3.05) is 11.1 Å². The van der Waals surface area contributed by atoms with Gasteiger partial charge in [0.1, 0.15) is 21.5 Å². The number of halogens is 2. The zero-order valence-electron chi connectivity index (χ0n) is 17.2. The smallest absolute Gasteiger partial charge is 0.234 e. The standard InChI is InChI=1S/C23H18ClFN4OS2/c1-13-17(24)4-3-5-18(13)27-20(30)12-31-21-11-10-19(28-29-21)22-14(2)26-23(32-22)15-6-8-16(25)9-7-15/h3-11H,12H2,1-2H3,(H,27,30). The number of thiazole rings is 1. The van der Waals surface area contributed by atoms with Gasteiger partial charge in [0.2, 0.25) is 5.91 Å². The van der Waals surface area contributed by atoms with E-state index in [9.17, 15) is 9.18 Å². The van der Waals surface area contributed by atoms with Crippen LogP contribution in [0.15, 0.2) is 59.6 Å². The summed E-state index contributed by atoms with van der Waals surface area (Å²) in [6.45, 7) is 3.77. The van der Waals surface area contributed by atoms with Crippen molar-refractivity contribution in [3.05, 3.63) is 76.7 Å². The fourth-order valence-corrected chi connectivity index (χ4v) is 4.76. The fourth-order valence-electron chi connectivity index (χ4n) is 2.94. The minimum absolute atomic E-state index is 0.145. The van der Waals surface area contributed by atoms with E-state index >= 15 is 0 Å². The molecule has 0 aliphatic rings. The molecule has 1 amide bonds. The number of nitrogens with zero attached hydrogens (tertiary/aromatic N) is 3. The van der Waals surface area contributed by atoms with Crippen LogP contribution in [0.1, 0.15) is 11.3 Å². The average Bonchev–Trinajstić information content (AvgIpc) is 3.18. The van der Waals surface area contributed by atoms with Gasteiger partial charge in [0.05, 0.1) is 16.3 Å². The number of rotatable bonds is 6. The van der Waals surface area contributed by atoms with Gasteiger partial charge >= 0.3 is 0 Å². The van der Waals surface area contributed by atoms with Crippen LogP contribution in [0.4, 0.5) is 10.1 Å². The molecule has 0 spiro atoms. The molecule has 2 aromatic heterocycles. The van der Waals surface area contributed by atoms with Gasteiger partial charge < -0.3 is 5.32 Å². The molecule has 1 N–H and O–H groups in total. The molecule has 4 aromatic rings. The lowest BCUT2D eigenvalue weighted by atomic mass is 10.2. The van der Waals surface area contributed by atoms with Gasteiger partial charge in [-0.3, -0.25) is 4.79 Å². The van der Waals surface area contributed by atoms with Crippen LogP contribution in [0, 0.1) is 19.7 Å². The number of nitrogens with one attached hydrogen (secondary N) is 1. The lowest BCUT2D eigenvalue weighted by Crippen LogP contribution is -2.15. The molecule has 0 aliphatic heterocycles. The SMILES string of the molecule is Cc1nc(-c2ccc(F)cc2)sc1-c1ccc(SCC(=O)Nc2cccc(Cl)c2C)nn1. The van der Waals surface area contributed by atoms with Gasteiger partial charge in [-0.2, -0.15) is 0 Å². The number of aromatic nitrogens is 3.